The fourth-order valence-corrected chi connectivity index (χ4v) is 6.11. The molecule has 0 amide bonds. The van der Waals surface area contributed by atoms with Crippen LogP contribution in [-0.4, -0.2) is 10.7 Å². The summed E-state index contributed by atoms with van der Waals surface area (Å²) in [5.41, 5.74) is -0.361. The Hall–Kier alpha value is -0.0400. The van der Waals surface area contributed by atoms with Crippen molar-refractivity contribution in [3.05, 3.63) is 0 Å². The Morgan fingerprint density at radius 2 is 1.74 bits per heavy atom. The molecule has 0 aliphatic heterocycles. The summed E-state index contributed by atoms with van der Waals surface area (Å²) in [6.07, 6.45) is 10.6. The molecule has 3 rings (SSSR count). The minimum Gasteiger partial charge on any atom is -0.390 e. The SMILES string of the molecule is CCC1C(C)CCC2C3CCC(C)(O)CC3CCC12. The lowest BCUT2D eigenvalue weighted by Gasteiger charge is -2.54. The molecule has 0 heterocycles. The van der Waals surface area contributed by atoms with Gasteiger partial charge in [-0.2, -0.15) is 0 Å². The van der Waals surface area contributed by atoms with Crippen LogP contribution in [0.3, 0.4) is 0 Å². The van der Waals surface area contributed by atoms with Crippen LogP contribution in [0.4, 0.5) is 0 Å². The van der Waals surface area contributed by atoms with Gasteiger partial charge in [-0.25, -0.2) is 0 Å². The van der Waals surface area contributed by atoms with Crippen molar-refractivity contribution in [3.63, 3.8) is 0 Å². The molecule has 0 aromatic carbocycles. The first-order chi connectivity index (χ1) is 9.02. The molecule has 0 aromatic heterocycles. The number of hydrogen-bond acceptors (Lipinski definition) is 1. The smallest absolute Gasteiger partial charge is 0.0622 e. The van der Waals surface area contributed by atoms with Crippen LogP contribution in [0.1, 0.15) is 72.1 Å². The molecule has 3 fully saturated rings. The Balaban J connectivity index is 1.75. The van der Waals surface area contributed by atoms with E-state index in [1.165, 1.54) is 38.5 Å². The van der Waals surface area contributed by atoms with Gasteiger partial charge in [0, 0.05) is 0 Å². The van der Waals surface area contributed by atoms with Gasteiger partial charge in [-0.1, -0.05) is 26.7 Å². The zero-order valence-corrected chi connectivity index (χ0v) is 13.1. The van der Waals surface area contributed by atoms with Gasteiger partial charge >= 0.3 is 0 Å². The average molecular weight is 264 g/mol. The first-order valence-corrected chi connectivity index (χ1v) is 8.74. The highest BCUT2D eigenvalue weighted by molar-refractivity contribution is 4.98. The monoisotopic (exact) mass is 264 g/mol. The van der Waals surface area contributed by atoms with Crippen LogP contribution in [0.2, 0.25) is 0 Å². The minimum atomic E-state index is -0.361. The molecule has 1 nitrogen and oxygen atoms in total. The van der Waals surface area contributed by atoms with Crippen molar-refractivity contribution in [2.75, 3.05) is 0 Å². The third kappa shape index (κ3) is 2.48. The molecule has 7 unspecified atom stereocenters. The number of hydrogen-bond donors (Lipinski definition) is 1. The first-order valence-electron chi connectivity index (χ1n) is 8.74. The Bertz CT molecular complexity index is 322. The molecule has 1 N–H and O–H groups in total. The second-order valence-electron chi connectivity index (χ2n) is 8.20. The summed E-state index contributed by atoms with van der Waals surface area (Å²) in [4.78, 5) is 0. The molecule has 3 aliphatic rings. The van der Waals surface area contributed by atoms with Gasteiger partial charge in [0.15, 0.2) is 0 Å². The molecular weight excluding hydrogens is 232 g/mol. The Morgan fingerprint density at radius 3 is 2.47 bits per heavy atom. The molecule has 0 radical (unpaired) electrons. The lowest BCUT2D eigenvalue weighted by Crippen LogP contribution is -2.47. The predicted molar refractivity (Wildman–Crippen MR) is 79.8 cm³/mol. The summed E-state index contributed by atoms with van der Waals surface area (Å²) in [5, 5.41) is 10.3. The van der Waals surface area contributed by atoms with Crippen molar-refractivity contribution in [2.24, 2.45) is 35.5 Å². The summed E-state index contributed by atoms with van der Waals surface area (Å²) in [5.74, 6) is 5.72. The molecule has 0 saturated heterocycles. The van der Waals surface area contributed by atoms with Crippen molar-refractivity contribution < 1.29 is 5.11 Å². The van der Waals surface area contributed by atoms with E-state index >= 15 is 0 Å². The summed E-state index contributed by atoms with van der Waals surface area (Å²) >= 11 is 0. The quantitative estimate of drug-likeness (QED) is 0.731. The van der Waals surface area contributed by atoms with Crippen molar-refractivity contribution >= 4 is 0 Å². The average Bonchev–Trinajstić information content (AvgIpc) is 2.37. The van der Waals surface area contributed by atoms with E-state index in [0.717, 1.165) is 48.3 Å². The van der Waals surface area contributed by atoms with Gasteiger partial charge in [0.05, 0.1) is 5.60 Å². The van der Waals surface area contributed by atoms with Crippen LogP contribution in [0.15, 0.2) is 0 Å². The lowest BCUT2D eigenvalue weighted by atomic mass is 9.52. The number of aliphatic hydroxyl groups is 1. The maximum atomic E-state index is 10.3. The number of fused-ring (bicyclic) bond motifs is 3. The Morgan fingerprint density at radius 1 is 1.00 bits per heavy atom. The fraction of sp³-hybridized carbons (Fsp3) is 1.00. The van der Waals surface area contributed by atoms with Gasteiger partial charge in [0.25, 0.3) is 0 Å². The standard InChI is InChI=1S/C18H32O/c1-4-14-12(2)5-7-17-15-9-10-18(3,19)11-13(15)6-8-16(14)17/h12-17,19H,4-11H2,1-3H3. The highest BCUT2D eigenvalue weighted by Gasteiger charge is 2.48. The summed E-state index contributed by atoms with van der Waals surface area (Å²) in [6, 6.07) is 0. The van der Waals surface area contributed by atoms with E-state index in [1.54, 1.807) is 0 Å². The molecule has 0 aromatic rings. The van der Waals surface area contributed by atoms with Crippen LogP contribution < -0.4 is 0 Å². The normalized spacial score (nSPS) is 54.3. The molecule has 3 saturated carbocycles. The van der Waals surface area contributed by atoms with Crippen molar-refractivity contribution in [3.8, 4) is 0 Å². The van der Waals surface area contributed by atoms with Gasteiger partial charge in [0.2, 0.25) is 0 Å². The molecular formula is C18H32O. The van der Waals surface area contributed by atoms with E-state index in [9.17, 15) is 5.11 Å². The molecule has 0 bridgehead atoms. The topological polar surface area (TPSA) is 20.2 Å². The molecule has 1 heteroatoms. The van der Waals surface area contributed by atoms with Crippen LogP contribution in [0, 0.1) is 35.5 Å². The van der Waals surface area contributed by atoms with Crippen molar-refractivity contribution in [2.45, 2.75) is 77.7 Å². The van der Waals surface area contributed by atoms with E-state index in [0.29, 0.717) is 0 Å². The zero-order chi connectivity index (χ0) is 13.6. The van der Waals surface area contributed by atoms with Crippen LogP contribution >= 0.6 is 0 Å². The molecule has 7 atom stereocenters. The third-order valence-corrected chi connectivity index (χ3v) is 7.00. The van der Waals surface area contributed by atoms with E-state index in [1.807, 2.05) is 0 Å². The third-order valence-electron chi connectivity index (χ3n) is 7.00. The van der Waals surface area contributed by atoms with Gasteiger partial charge in [-0.05, 0) is 81.0 Å². The van der Waals surface area contributed by atoms with Crippen molar-refractivity contribution in [1.82, 2.24) is 0 Å². The molecule has 3 aliphatic carbocycles. The second kappa shape index (κ2) is 5.06. The maximum absolute atomic E-state index is 10.3. The molecule has 110 valence electrons. The number of rotatable bonds is 1. The summed E-state index contributed by atoms with van der Waals surface area (Å²) < 4.78 is 0. The van der Waals surface area contributed by atoms with Crippen molar-refractivity contribution in [1.29, 1.82) is 0 Å². The second-order valence-corrected chi connectivity index (χ2v) is 8.20. The van der Waals surface area contributed by atoms with Gasteiger partial charge < -0.3 is 5.11 Å². The maximum Gasteiger partial charge on any atom is 0.0622 e. The fourth-order valence-electron chi connectivity index (χ4n) is 6.11. The summed E-state index contributed by atoms with van der Waals surface area (Å²) in [6.45, 7) is 6.95. The molecule has 19 heavy (non-hydrogen) atoms. The first kappa shape index (κ1) is 13.9. The van der Waals surface area contributed by atoms with E-state index in [-0.39, 0.29) is 5.60 Å². The van der Waals surface area contributed by atoms with Gasteiger partial charge in [0.1, 0.15) is 0 Å². The zero-order valence-electron chi connectivity index (χ0n) is 13.1. The van der Waals surface area contributed by atoms with E-state index < -0.39 is 0 Å². The largest absolute Gasteiger partial charge is 0.390 e. The van der Waals surface area contributed by atoms with E-state index in [4.69, 9.17) is 0 Å². The predicted octanol–water partition coefficient (Wildman–Crippen LogP) is 4.64. The highest BCUT2D eigenvalue weighted by atomic mass is 16.3. The minimum absolute atomic E-state index is 0.361. The van der Waals surface area contributed by atoms with Crippen LogP contribution in [-0.2, 0) is 0 Å². The van der Waals surface area contributed by atoms with Gasteiger partial charge in [-0.3, -0.25) is 0 Å². The Kier molecular flexibility index (Phi) is 3.71. The van der Waals surface area contributed by atoms with Crippen LogP contribution in [0.5, 0.6) is 0 Å². The van der Waals surface area contributed by atoms with E-state index in [2.05, 4.69) is 20.8 Å². The Labute approximate surface area is 119 Å². The lowest BCUT2D eigenvalue weighted by molar-refractivity contribution is -0.0836. The van der Waals surface area contributed by atoms with Gasteiger partial charge in [-0.15, -0.1) is 0 Å². The van der Waals surface area contributed by atoms with Crippen LogP contribution in [0.25, 0.3) is 0 Å². The molecule has 0 spiro atoms. The summed E-state index contributed by atoms with van der Waals surface area (Å²) in [7, 11) is 0. The highest BCUT2D eigenvalue weighted by Crippen LogP contribution is 2.56.